The van der Waals surface area contributed by atoms with Crippen molar-refractivity contribution >= 4 is 32.6 Å². The third-order valence-electron chi connectivity index (χ3n) is 5.47. The van der Waals surface area contributed by atoms with E-state index >= 15 is 0 Å². The number of halogens is 1. The van der Waals surface area contributed by atoms with E-state index in [1.54, 1.807) is 19.1 Å². The minimum absolute atomic E-state index is 0.0922. The maximum Gasteiger partial charge on any atom is 0.291 e. The molecule has 1 N–H and O–H groups in total. The van der Waals surface area contributed by atoms with Crippen LogP contribution in [0.25, 0.3) is 11.0 Å². The van der Waals surface area contributed by atoms with Gasteiger partial charge in [0.25, 0.3) is 5.91 Å². The lowest BCUT2D eigenvalue weighted by Crippen LogP contribution is -2.39. The monoisotopic (exact) mass is 430 g/mol. The van der Waals surface area contributed by atoms with Gasteiger partial charge in [0.15, 0.2) is 5.76 Å². The standard InChI is InChI=1S/C22H23FN2O4S/c1-14-4-3-11-25(13-14)30(27,28)18-8-6-17(7-9-18)24-22(26)21-15(2)19-12-16(23)5-10-20(19)29-21/h5-10,12,14H,3-4,11,13H2,1-2H3,(H,24,26)/t14-/m0/s1. The molecule has 2 aromatic carbocycles. The Morgan fingerprint density at radius 3 is 2.63 bits per heavy atom. The van der Waals surface area contributed by atoms with E-state index < -0.39 is 21.7 Å². The molecular formula is C22H23FN2O4S. The van der Waals surface area contributed by atoms with E-state index in [0.29, 0.717) is 41.2 Å². The molecule has 2 heterocycles. The molecule has 30 heavy (non-hydrogen) atoms. The summed E-state index contributed by atoms with van der Waals surface area (Å²) in [6.07, 6.45) is 1.89. The molecule has 8 heteroatoms. The van der Waals surface area contributed by atoms with Gasteiger partial charge in [-0.1, -0.05) is 6.92 Å². The van der Waals surface area contributed by atoms with Crippen LogP contribution in [0.1, 0.15) is 35.9 Å². The second-order valence-electron chi connectivity index (χ2n) is 7.79. The van der Waals surface area contributed by atoms with Crippen LogP contribution in [0.4, 0.5) is 10.1 Å². The topological polar surface area (TPSA) is 79.6 Å². The fourth-order valence-corrected chi connectivity index (χ4v) is 5.42. The summed E-state index contributed by atoms with van der Waals surface area (Å²) in [5, 5.41) is 3.24. The van der Waals surface area contributed by atoms with Crippen molar-refractivity contribution in [3.63, 3.8) is 0 Å². The van der Waals surface area contributed by atoms with Crippen molar-refractivity contribution in [3.8, 4) is 0 Å². The van der Waals surface area contributed by atoms with E-state index in [9.17, 15) is 17.6 Å². The third kappa shape index (κ3) is 3.85. The van der Waals surface area contributed by atoms with E-state index in [-0.39, 0.29) is 10.7 Å². The van der Waals surface area contributed by atoms with Crippen LogP contribution in [0.3, 0.4) is 0 Å². The maximum atomic E-state index is 13.5. The Labute approximate surface area is 174 Å². The van der Waals surface area contributed by atoms with Gasteiger partial charge in [-0.15, -0.1) is 0 Å². The summed E-state index contributed by atoms with van der Waals surface area (Å²) in [4.78, 5) is 12.8. The Hall–Kier alpha value is -2.71. The van der Waals surface area contributed by atoms with Gasteiger partial charge in [0, 0.05) is 29.7 Å². The van der Waals surface area contributed by atoms with Crippen molar-refractivity contribution in [1.29, 1.82) is 0 Å². The summed E-state index contributed by atoms with van der Waals surface area (Å²) in [6.45, 7) is 4.79. The Bertz CT molecular complexity index is 1200. The number of furan rings is 1. The lowest BCUT2D eigenvalue weighted by molar-refractivity contribution is 0.0998. The summed E-state index contributed by atoms with van der Waals surface area (Å²) in [7, 11) is -3.55. The van der Waals surface area contributed by atoms with E-state index in [2.05, 4.69) is 12.2 Å². The van der Waals surface area contributed by atoms with Gasteiger partial charge in [-0.3, -0.25) is 4.79 Å². The van der Waals surface area contributed by atoms with Crippen LogP contribution < -0.4 is 5.32 Å². The molecule has 4 rings (SSSR count). The predicted octanol–water partition coefficient (Wildman–Crippen LogP) is 4.55. The van der Waals surface area contributed by atoms with E-state index in [4.69, 9.17) is 4.42 Å². The number of sulfonamides is 1. The van der Waals surface area contributed by atoms with Gasteiger partial charge in [0.05, 0.1) is 4.90 Å². The summed E-state index contributed by atoms with van der Waals surface area (Å²) >= 11 is 0. The van der Waals surface area contributed by atoms with Crippen molar-refractivity contribution in [2.75, 3.05) is 18.4 Å². The quantitative estimate of drug-likeness (QED) is 0.658. The number of fused-ring (bicyclic) bond motifs is 1. The highest BCUT2D eigenvalue weighted by molar-refractivity contribution is 7.89. The fraction of sp³-hybridized carbons (Fsp3) is 0.318. The average molecular weight is 431 g/mol. The molecular weight excluding hydrogens is 407 g/mol. The third-order valence-corrected chi connectivity index (χ3v) is 7.35. The normalized spacial score (nSPS) is 17.9. The number of aryl methyl sites for hydroxylation is 1. The van der Waals surface area contributed by atoms with Crippen LogP contribution in [0.15, 0.2) is 51.8 Å². The zero-order chi connectivity index (χ0) is 21.5. The first-order valence-corrected chi connectivity index (χ1v) is 11.3. The maximum absolute atomic E-state index is 13.5. The number of rotatable bonds is 4. The van der Waals surface area contributed by atoms with Crippen molar-refractivity contribution in [3.05, 3.63) is 59.6 Å². The van der Waals surface area contributed by atoms with Crippen molar-refractivity contribution in [1.82, 2.24) is 4.31 Å². The number of piperidine rings is 1. The highest BCUT2D eigenvalue weighted by Crippen LogP contribution is 2.28. The number of hydrogen-bond donors (Lipinski definition) is 1. The van der Waals surface area contributed by atoms with Crippen LogP contribution in [0.2, 0.25) is 0 Å². The number of nitrogens with zero attached hydrogens (tertiary/aromatic N) is 1. The number of carbonyl (C=O) groups is 1. The first-order chi connectivity index (χ1) is 14.3. The van der Waals surface area contributed by atoms with Crippen LogP contribution in [0, 0.1) is 18.7 Å². The smallest absolute Gasteiger partial charge is 0.291 e. The fourth-order valence-electron chi connectivity index (χ4n) is 3.82. The van der Waals surface area contributed by atoms with Gasteiger partial charge in [-0.2, -0.15) is 4.31 Å². The molecule has 1 aromatic heterocycles. The van der Waals surface area contributed by atoms with Crippen molar-refractivity contribution in [2.45, 2.75) is 31.6 Å². The molecule has 0 saturated carbocycles. The second-order valence-corrected chi connectivity index (χ2v) is 9.72. The molecule has 6 nitrogen and oxygen atoms in total. The molecule has 1 saturated heterocycles. The molecule has 1 aliphatic rings. The highest BCUT2D eigenvalue weighted by atomic mass is 32.2. The molecule has 0 unspecified atom stereocenters. The molecule has 3 aromatic rings. The Morgan fingerprint density at radius 2 is 1.93 bits per heavy atom. The number of hydrogen-bond acceptors (Lipinski definition) is 4. The number of carbonyl (C=O) groups excluding carboxylic acids is 1. The number of amides is 1. The summed E-state index contributed by atoms with van der Waals surface area (Å²) < 4.78 is 46.3. The molecule has 1 aliphatic heterocycles. The SMILES string of the molecule is Cc1c(C(=O)Nc2ccc(S(=O)(=O)N3CCC[C@H](C)C3)cc2)oc2ccc(F)cc12. The van der Waals surface area contributed by atoms with E-state index in [1.165, 1.54) is 34.6 Å². The first kappa shape index (κ1) is 20.6. The van der Waals surface area contributed by atoms with E-state index in [1.807, 2.05) is 0 Å². The number of anilines is 1. The van der Waals surface area contributed by atoms with Crippen LogP contribution in [0.5, 0.6) is 0 Å². The van der Waals surface area contributed by atoms with Crippen molar-refractivity contribution in [2.24, 2.45) is 5.92 Å². The van der Waals surface area contributed by atoms with Crippen molar-refractivity contribution < 1.29 is 22.0 Å². The molecule has 158 valence electrons. The number of benzene rings is 2. The largest absolute Gasteiger partial charge is 0.451 e. The predicted molar refractivity (Wildman–Crippen MR) is 112 cm³/mol. The molecule has 0 bridgehead atoms. The molecule has 1 fully saturated rings. The summed E-state index contributed by atoms with van der Waals surface area (Å²) in [5.74, 6) is -0.454. The van der Waals surface area contributed by atoms with E-state index in [0.717, 1.165) is 12.8 Å². The Kier molecular flexibility index (Phi) is 5.38. The van der Waals surface area contributed by atoms with Crippen LogP contribution in [-0.4, -0.2) is 31.7 Å². The average Bonchev–Trinajstić information content (AvgIpc) is 3.04. The first-order valence-electron chi connectivity index (χ1n) is 9.86. The van der Waals surface area contributed by atoms with Gasteiger partial charge in [-0.25, -0.2) is 12.8 Å². The number of nitrogens with one attached hydrogen (secondary N) is 1. The van der Waals surface area contributed by atoms with Gasteiger partial charge in [-0.05, 0) is 68.1 Å². The zero-order valence-electron chi connectivity index (χ0n) is 16.8. The molecule has 1 amide bonds. The van der Waals surface area contributed by atoms with Gasteiger partial charge in [0.2, 0.25) is 10.0 Å². The molecule has 0 radical (unpaired) electrons. The van der Waals surface area contributed by atoms with Gasteiger partial charge < -0.3 is 9.73 Å². The molecule has 0 spiro atoms. The minimum Gasteiger partial charge on any atom is -0.451 e. The summed E-state index contributed by atoms with van der Waals surface area (Å²) in [5.41, 5.74) is 1.41. The van der Waals surface area contributed by atoms with Crippen LogP contribution >= 0.6 is 0 Å². The molecule has 0 aliphatic carbocycles. The highest BCUT2D eigenvalue weighted by Gasteiger charge is 2.28. The lowest BCUT2D eigenvalue weighted by atomic mass is 10.0. The Morgan fingerprint density at radius 1 is 1.20 bits per heavy atom. The summed E-state index contributed by atoms with van der Waals surface area (Å²) in [6, 6.07) is 10.2. The minimum atomic E-state index is -3.55. The zero-order valence-corrected chi connectivity index (χ0v) is 17.6. The second kappa shape index (κ2) is 7.85. The van der Waals surface area contributed by atoms with Crippen LogP contribution in [-0.2, 0) is 10.0 Å². The molecule has 1 atom stereocenters. The lowest BCUT2D eigenvalue weighted by Gasteiger charge is -2.30. The van der Waals surface area contributed by atoms with Gasteiger partial charge in [0.1, 0.15) is 11.4 Å². The van der Waals surface area contributed by atoms with Gasteiger partial charge >= 0.3 is 0 Å². The Balaban J connectivity index is 1.52.